The number of hydrazone groups is 1. The van der Waals surface area contributed by atoms with E-state index in [1.54, 1.807) is 24.3 Å². The lowest BCUT2D eigenvalue weighted by Gasteiger charge is -2.05. The predicted molar refractivity (Wildman–Crippen MR) is 98.0 cm³/mol. The molecule has 0 unspecified atom stereocenters. The van der Waals surface area contributed by atoms with Gasteiger partial charge in [-0.15, -0.1) is 0 Å². The normalized spacial score (nSPS) is 12.4. The number of amides is 1. The average Bonchev–Trinajstić information content (AvgIpc) is 3.01. The summed E-state index contributed by atoms with van der Waals surface area (Å²) in [6.07, 6.45) is 1.44. The Hall–Kier alpha value is -2.00. The van der Waals surface area contributed by atoms with Gasteiger partial charge in [0.1, 0.15) is 5.75 Å². The van der Waals surface area contributed by atoms with Crippen LogP contribution >= 0.6 is 34.2 Å². The molecule has 1 amide bonds. The SMILES string of the molecule is O=C(COc1ccc(I)cc1)NN=Cc1cc2c(cc1Cl)OCO2. The first-order valence-corrected chi connectivity index (χ1v) is 8.37. The first-order chi connectivity index (χ1) is 11.6. The van der Waals surface area contributed by atoms with Crippen LogP contribution < -0.4 is 19.6 Å². The molecule has 0 saturated carbocycles. The zero-order valence-electron chi connectivity index (χ0n) is 12.3. The molecule has 1 aliphatic rings. The van der Waals surface area contributed by atoms with Crippen molar-refractivity contribution in [1.29, 1.82) is 0 Å². The summed E-state index contributed by atoms with van der Waals surface area (Å²) in [5.74, 6) is 1.43. The fourth-order valence-electron chi connectivity index (χ4n) is 1.92. The van der Waals surface area contributed by atoms with E-state index in [-0.39, 0.29) is 19.3 Å². The van der Waals surface area contributed by atoms with E-state index in [1.165, 1.54) is 6.21 Å². The number of benzene rings is 2. The number of carbonyl (C=O) groups is 1. The van der Waals surface area contributed by atoms with Crippen LogP contribution in [-0.4, -0.2) is 25.5 Å². The number of hydrogen-bond acceptors (Lipinski definition) is 5. The predicted octanol–water partition coefficient (Wildman–Crippen LogP) is 3.20. The van der Waals surface area contributed by atoms with Gasteiger partial charge in [0.05, 0.1) is 11.2 Å². The highest BCUT2D eigenvalue weighted by atomic mass is 127. The largest absolute Gasteiger partial charge is 0.484 e. The topological polar surface area (TPSA) is 69.2 Å². The van der Waals surface area contributed by atoms with Crippen molar-refractivity contribution >= 4 is 46.3 Å². The van der Waals surface area contributed by atoms with Crippen LogP contribution in [0.3, 0.4) is 0 Å². The Morgan fingerprint density at radius 1 is 1.29 bits per heavy atom. The number of fused-ring (bicyclic) bond motifs is 1. The molecule has 8 heteroatoms. The van der Waals surface area contributed by atoms with Crippen molar-refractivity contribution in [3.8, 4) is 17.2 Å². The Kier molecular flexibility index (Phi) is 5.41. The maximum Gasteiger partial charge on any atom is 0.277 e. The smallest absolute Gasteiger partial charge is 0.277 e. The third-order valence-corrected chi connectivity index (χ3v) is 4.11. The Morgan fingerprint density at radius 2 is 2.00 bits per heavy atom. The average molecular weight is 459 g/mol. The van der Waals surface area contributed by atoms with E-state index in [2.05, 4.69) is 33.1 Å². The fourth-order valence-corrected chi connectivity index (χ4v) is 2.48. The van der Waals surface area contributed by atoms with Crippen LogP contribution in [0.15, 0.2) is 41.5 Å². The van der Waals surface area contributed by atoms with Gasteiger partial charge in [0.15, 0.2) is 18.1 Å². The molecular formula is C16H12ClIN2O4. The summed E-state index contributed by atoms with van der Waals surface area (Å²) in [6, 6.07) is 10.7. The summed E-state index contributed by atoms with van der Waals surface area (Å²) in [6.45, 7) is 0.0334. The summed E-state index contributed by atoms with van der Waals surface area (Å²) in [4.78, 5) is 11.7. The molecule has 0 spiro atoms. The van der Waals surface area contributed by atoms with E-state index < -0.39 is 0 Å². The molecule has 6 nitrogen and oxygen atoms in total. The van der Waals surface area contributed by atoms with Gasteiger partial charge >= 0.3 is 0 Å². The summed E-state index contributed by atoms with van der Waals surface area (Å²) in [5.41, 5.74) is 2.99. The molecule has 0 atom stereocenters. The van der Waals surface area contributed by atoms with E-state index in [9.17, 15) is 4.79 Å². The molecule has 0 aromatic heterocycles. The molecule has 2 aromatic carbocycles. The number of nitrogens with one attached hydrogen (secondary N) is 1. The van der Waals surface area contributed by atoms with Gasteiger partial charge in [-0.1, -0.05) is 11.6 Å². The Morgan fingerprint density at radius 3 is 2.75 bits per heavy atom. The Bertz CT molecular complexity index is 780. The summed E-state index contributed by atoms with van der Waals surface area (Å²) >= 11 is 8.31. The van der Waals surface area contributed by atoms with E-state index in [0.717, 1.165) is 3.57 Å². The summed E-state index contributed by atoms with van der Waals surface area (Å²) in [7, 11) is 0. The molecule has 0 bridgehead atoms. The van der Waals surface area contributed by atoms with Crippen LogP contribution in [0, 0.1) is 3.57 Å². The molecule has 2 aromatic rings. The standard InChI is InChI=1S/C16H12ClIN2O4/c17-13-6-15-14(23-9-24-15)5-10(13)7-19-20-16(21)8-22-12-3-1-11(18)2-4-12/h1-7H,8-9H2,(H,20,21). The van der Waals surface area contributed by atoms with Gasteiger partial charge in [-0.2, -0.15) is 5.10 Å². The van der Waals surface area contributed by atoms with E-state index in [1.807, 2.05) is 12.1 Å². The fraction of sp³-hybridized carbons (Fsp3) is 0.125. The monoisotopic (exact) mass is 458 g/mol. The van der Waals surface area contributed by atoms with Crippen molar-refractivity contribution in [2.75, 3.05) is 13.4 Å². The Labute approximate surface area is 156 Å². The Balaban J connectivity index is 1.52. The minimum Gasteiger partial charge on any atom is -0.484 e. The molecule has 1 N–H and O–H groups in total. The molecule has 3 rings (SSSR count). The molecular weight excluding hydrogens is 447 g/mol. The highest BCUT2D eigenvalue weighted by molar-refractivity contribution is 14.1. The first kappa shape index (κ1) is 16.8. The minimum atomic E-state index is -0.373. The number of nitrogens with zero attached hydrogens (tertiary/aromatic N) is 1. The first-order valence-electron chi connectivity index (χ1n) is 6.91. The molecule has 124 valence electrons. The van der Waals surface area contributed by atoms with Crippen molar-refractivity contribution in [3.05, 3.63) is 50.6 Å². The van der Waals surface area contributed by atoms with Crippen LogP contribution in [0.4, 0.5) is 0 Å². The zero-order valence-corrected chi connectivity index (χ0v) is 15.2. The molecule has 0 radical (unpaired) electrons. The second-order valence-corrected chi connectivity index (χ2v) is 6.42. The van der Waals surface area contributed by atoms with Gasteiger partial charge in [0.25, 0.3) is 5.91 Å². The van der Waals surface area contributed by atoms with Crippen molar-refractivity contribution in [1.82, 2.24) is 5.43 Å². The summed E-state index contributed by atoms with van der Waals surface area (Å²) < 4.78 is 16.9. The molecule has 0 aliphatic carbocycles. The third-order valence-electron chi connectivity index (χ3n) is 3.07. The van der Waals surface area contributed by atoms with Gasteiger partial charge in [-0.05, 0) is 52.9 Å². The molecule has 0 saturated heterocycles. The lowest BCUT2D eigenvalue weighted by atomic mass is 10.2. The van der Waals surface area contributed by atoms with Crippen molar-refractivity contribution < 1.29 is 19.0 Å². The van der Waals surface area contributed by atoms with Crippen LogP contribution in [-0.2, 0) is 4.79 Å². The van der Waals surface area contributed by atoms with Crippen LogP contribution in [0.1, 0.15) is 5.56 Å². The number of hydrogen-bond donors (Lipinski definition) is 1. The van der Waals surface area contributed by atoms with Gasteiger partial charge in [0, 0.05) is 15.2 Å². The number of rotatable bonds is 5. The lowest BCUT2D eigenvalue weighted by Crippen LogP contribution is -2.24. The number of halogens is 2. The van der Waals surface area contributed by atoms with Crippen molar-refractivity contribution in [3.63, 3.8) is 0 Å². The quantitative estimate of drug-likeness (QED) is 0.424. The van der Waals surface area contributed by atoms with Gasteiger partial charge in [-0.3, -0.25) is 4.79 Å². The maximum absolute atomic E-state index is 11.7. The van der Waals surface area contributed by atoms with Gasteiger partial charge < -0.3 is 14.2 Å². The third kappa shape index (κ3) is 4.30. The van der Waals surface area contributed by atoms with Crippen molar-refractivity contribution in [2.24, 2.45) is 5.10 Å². The van der Waals surface area contributed by atoms with Crippen LogP contribution in [0.25, 0.3) is 0 Å². The van der Waals surface area contributed by atoms with Crippen molar-refractivity contribution in [2.45, 2.75) is 0 Å². The van der Waals surface area contributed by atoms with E-state index in [0.29, 0.717) is 27.8 Å². The minimum absolute atomic E-state index is 0.132. The lowest BCUT2D eigenvalue weighted by molar-refractivity contribution is -0.123. The maximum atomic E-state index is 11.7. The van der Waals surface area contributed by atoms with E-state index in [4.69, 9.17) is 25.8 Å². The molecule has 24 heavy (non-hydrogen) atoms. The zero-order chi connectivity index (χ0) is 16.9. The van der Waals surface area contributed by atoms with E-state index >= 15 is 0 Å². The van der Waals surface area contributed by atoms with Gasteiger partial charge in [-0.25, -0.2) is 5.43 Å². The molecule has 1 heterocycles. The summed E-state index contributed by atoms with van der Waals surface area (Å²) in [5, 5.41) is 4.32. The van der Waals surface area contributed by atoms with Gasteiger partial charge in [0.2, 0.25) is 6.79 Å². The second kappa shape index (κ2) is 7.71. The second-order valence-electron chi connectivity index (χ2n) is 4.76. The molecule has 0 fully saturated rings. The van der Waals surface area contributed by atoms with Crippen LogP contribution in [0.2, 0.25) is 5.02 Å². The highest BCUT2D eigenvalue weighted by Crippen LogP contribution is 2.36. The molecule has 1 aliphatic heterocycles. The number of ether oxygens (including phenoxy) is 3. The highest BCUT2D eigenvalue weighted by Gasteiger charge is 2.15. The number of carbonyl (C=O) groups excluding carboxylic acids is 1. The van der Waals surface area contributed by atoms with Crippen LogP contribution in [0.5, 0.6) is 17.2 Å².